The average molecular weight is 188 g/mol. The molecule has 80 valence electrons. The van der Waals surface area contributed by atoms with Crippen molar-refractivity contribution >= 4 is 0 Å². The highest BCUT2D eigenvalue weighted by Gasteiger charge is 2.14. The Kier molecular flexibility index (Phi) is 6.29. The molecule has 0 saturated heterocycles. The zero-order chi connectivity index (χ0) is 10.4. The summed E-state index contributed by atoms with van der Waals surface area (Å²) >= 11 is 0. The Balaban J connectivity index is 3.94. The summed E-state index contributed by atoms with van der Waals surface area (Å²) in [4.78, 5) is 4.54. The molecule has 3 nitrogen and oxygen atoms in total. The van der Waals surface area contributed by atoms with Crippen molar-refractivity contribution in [2.45, 2.75) is 39.8 Å². The molecule has 0 unspecified atom stereocenters. The van der Waals surface area contributed by atoms with Gasteiger partial charge in [-0.15, -0.1) is 0 Å². The monoisotopic (exact) mass is 188 g/mol. The second-order valence-corrected chi connectivity index (χ2v) is 4.15. The quantitative estimate of drug-likeness (QED) is 0.630. The molecule has 0 aliphatic heterocycles. The van der Waals surface area contributed by atoms with E-state index in [1.165, 1.54) is 0 Å². The third kappa shape index (κ3) is 5.24. The van der Waals surface area contributed by atoms with E-state index in [0.717, 1.165) is 13.2 Å². The lowest BCUT2D eigenvalue weighted by Gasteiger charge is -2.34. The second kappa shape index (κ2) is 6.35. The van der Waals surface area contributed by atoms with E-state index in [1.807, 2.05) is 7.05 Å². The molecule has 0 bridgehead atoms. The van der Waals surface area contributed by atoms with Crippen molar-refractivity contribution in [2.24, 2.45) is 0 Å². The first kappa shape index (κ1) is 12.9. The smallest absolute Gasteiger partial charge is 0.0558 e. The lowest BCUT2D eigenvalue weighted by Crippen LogP contribution is -2.44. The van der Waals surface area contributed by atoms with Crippen LogP contribution in [0.25, 0.3) is 0 Å². The number of rotatable bonds is 6. The Morgan fingerprint density at radius 1 is 1.08 bits per heavy atom. The maximum absolute atomic E-state index is 8.77. The lowest BCUT2D eigenvalue weighted by atomic mass is 10.2. The summed E-state index contributed by atoms with van der Waals surface area (Å²) in [7, 11) is 2.04. The molecule has 0 aromatic carbocycles. The molecular formula is C10H24N2O. The summed E-state index contributed by atoms with van der Waals surface area (Å²) in [5, 5.41) is 8.77. The fraction of sp³-hybridized carbons (Fsp3) is 1.00. The minimum Gasteiger partial charge on any atom is -0.395 e. The van der Waals surface area contributed by atoms with Crippen LogP contribution in [0.2, 0.25) is 0 Å². The largest absolute Gasteiger partial charge is 0.395 e. The average Bonchev–Trinajstić information content (AvgIpc) is 1.99. The standard InChI is InChI=1S/C10H24N2O/c1-9(2)12(10(3)4)8-11(5)6-7-13/h9-10,13H,6-8H2,1-5H3. The molecule has 0 aliphatic rings. The highest BCUT2D eigenvalue weighted by molar-refractivity contribution is 4.66. The van der Waals surface area contributed by atoms with Crippen LogP contribution >= 0.6 is 0 Å². The van der Waals surface area contributed by atoms with Crippen molar-refractivity contribution in [3.05, 3.63) is 0 Å². The molecule has 0 saturated carbocycles. The SMILES string of the molecule is CC(C)N(CN(C)CCO)C(C)C. The van der Waals surface area contributed by atoms with Gasteiger partial charge in [-0.05, 0) is 34.7 Å². The lowest BCUT2D eigenvalue weighted by molar-refractivity contribution is 0.0822. The van der Waals surface area contributed by atoms with Crippen LogP contribution < -0.4 is 0 Å². The molecule has 0 atom stereocenters. The van der Waals surface area contributed by atoms with Crippen molar-refractivity contribution in [3.8, 4) is 0 Å². The summed E-state index contributed by atoms with van der Waals surface area (Å²) in [6.07, 6.45) is 0. The molecule has 0 heterocycles. The van der Waals surface area contributed by atoms with Crippen LogP contribution in [0.4, 0.5) is 0 Å². The van der Waals surface area contributed by atoms with Gasteiger partial charge in [0.15, 0.2) is 0 Å². The maximum atomic E-state index is 8.77. The van der Waals surface area contributed by atoms with Gasteiger partial charge >= 0.3 is 0 Å². The van der Waals surface area contributed by atoms with Crippen molar-refractivity contribution in [1.29, 1.82) is 0 Å². The molecule has 0 fully saturated rings. The molecule has 0 amide bonds. The summed E-state index contributed by atoms with van der Waals surface area (Å²) in [5.41, 5.74) is 0. The van der Waals surface area contributed by atoms with Gasteiger partial charge < -0.3 is 5.11 Å². The molecule has 0 spiro atoms. The van der Waals surface area contributed by atoms with E-state index in [9.17, 15) is 0 Å². The summed E-state index contributed by atoms with van der Waals surface area (Å²) < 4.78 is 0. The zero-order valence-electron chi connectivity index (χ0n) is 9.62. The van der Waals surface area contributed by atoms with Crippen LogP contribution in [-0.2, 0) is 0 Å². The summed E-state index contributed by atoms with van der Waals surface area (Å²) in [6, 6.07) is 1.11. The molecule has 3 heteroatoms. The number of aliphatic hydroxyl groups excluding tert-OH is 1. The van der Waals surface area contributed by atoms with Gasteiger partial charge in [-0.25, -0.2) is 0 Å². The van der Waals surface area contributed by atoms with Crippen LogP contribution in [0.5, 0.6) is 0 Å². The molecule has 0 aromatic rings. The number of aliphatic hydroxyl groups is 1. The van der Waals surface area contributed by atoms with Gasteiger partial charge in [0.1, 0.15) is 0 Å². The van der Waals surface area contributed by atoms with Crippen molar-refractivity contribution in [2.75, 3.05) is 26.9 Å². The van der Waals surface area contributed by atoms with E-state index in [4.69, 9.17) is 5.11 Å². The Morgan fingerprint density at radius 3 is 1.85 bits per heavy atom. The highest BCUT2D eigenvalue weighted by atomic mass is 16.3. The van der Waals surface area contributed by atoms with Gasteiger partial charge in [0.05, 0.1) is 13.3 Å². The molecule has 0 aliphatic carbocycles. The molecule has 0 radical (unpaired) electrons. The number of hydrogen-bond donors (Lipinski definition) is 1. The highest BCUT2D eigenvalue weighted by Crippen LogP contribution is 2.05. The minimum absolute atomic E-state index is 0.237. The topological polar surface area (TPSA) is 26.7 Å². The van der Waals surface area contributed by atoms with E-state index in [0.29, 0.717) is 12.1 Å². The molecular weight excluding hydrogens is 164 g/mol. The number of likely N-dealkylation sites (N-methyl/N-ethyl adjacent to an activating group) is 1. The Bertz CT molecular complexity index is 118. The van der Waals surface area contributed by atoms with Gasteiger partial charge in [-0.3, -0.25) is 9.80 Å². The van der Waals surface area contributed by atoms with Crippen LogP contribution in [0.3, 0.4) is 0 Å². The molecule has 1 N–H and O–H groups in total. The first-order valence-electron chi connectivity index (χ1n) is 5.04. The van der Waals surface area contributed by atoms with E-state index in [2.05, 4.69) is 37.5 Å². The summed E-state index contributed by atoms with van der Waals surface area (Å²) in [5.74, 6) is 0. The Morgan fingerprint density at radius 2 is 1.54 bits per heavy atom. The molecule has 13 heavy (non-hydrogen) atoms. The Hall–Kier alpha value is -0.120. The first-order chi connectivity index (χ1) is 5.99. The van der Waals surface area contributed by atoms with Crippen LogP contribution in [0, 0.1) is 0 Å². The van der Waals surface area contributed by atoms with Gasteiger partial charge in [0.25, 0.3) is 0 Å². The fourth-order valence-electron chi connectivity index (χ4n) is 1.44. The van der Waals surface area contributed by atoms with E-state index in [-0.39, 0.29) is 6.61 Å². The van der Waals surface area contributed by atoms with Gasteiger partial charge in [-0.2, -0.15) is 0 Å². The first-order valence-corrected chi connectivity index (χ1v) is 5.04. The van der Waals surface area contributed by atoms with E-state index < -0.39 is 0 Å². The van der Waals surface area contributed by atoms with Gasteiger partial charge in [-0.1, -0.05) is 0 Å². The fourth-order valence-corrected chi connectivity index (χ4v) is 1.44. The predicted octanol–water partition coefficient (Wildman–Crippen LogP) is 0.987. The van der Waals surface area contributed by atoms with Crippen LogP contribution in [0.15, 0.2) is 0 Å². The number of hydrogen-bond acceptors (Lipinski definition) is 3. The molecule has 0 rings (SSSR count). The van der Waals surface area contributed by atoms with Crippen molar-refractivity contribution < 1.29 is 5.11 Å². The van der Waals surface area contributed by atoms with Gasteiger partial charge in [0, 0.05) is 18.6 Å². The summed E-state index contributed by atoms with van der Waals surface area (Å²) in [6.45, 7) is 10.7. The molecule has 0 aromatic heterocycles. The number of nitrogens with zero attached hydrogens (tertiary/aromatic N) is 2. The van der Waals surface area contributed by atoms with Crippen LogP contribution in [-0.4, -0.2) is 53.9 Å². The Labute approximate surface area is 82.3 Å². The van der Waals surface area contributed by atoms with Crippen molar-refractivity contribution in [3.63, 3.8) is 0 Å². The third-order valence-electron chi connectivity index (χ3n) is 2.21. The minimum atomic E-state index is 0.237. The van der Waals surface area contributed by atoms with Gasteiger partial charge in [0.2, 0.25) is 0 Å². The zero-order valence-corrected chi connectivity index (χ0v) is 9.62. The predicted molar refractivity (Wildman–Crippen MR) is 56.7 cm³/mol. The van der Waals surface area contributed by atoms with E-state index in [1.54, 1.807) is 0 Å². The van der Waals surface area contributed by atoms with E-state index >= 15 is 0 Å². The second-order valence-electron chi connectivity index (χ2n) is 4.15. The maximum Gasteiger partial charge on any atom is 0.0558 e. The normalized spacial score (nSPS) is 12.5. The van der Waals surface area contributed by atoms with Crippen molar-refractivity contribution in [1.82, 2.24) is 9.80 Å². The third-order valence-corrected chi connectivity index (χ3v) is 2.21. The van der Waals surface area contributed by atoms with Crippen LogP contribution in [0.1, 0.15) is 27.7 Å².